The summed E-state index contributed by atoms with van der Waals surface area (Å²) in [5, 5.41) is 0. The first-order valence-corrected chi connectivity index (χ1v) is 7.30. The zero-order valence-corrected chi connectivity index (χ0v) is 12.6. The lowest BCUT2D eigenvalue weighted by molar-refractivity contribution is 0.104. The average Bonchev–Trinajstić information content (AvgIpc) is 2.84. The Morgan fingerprint density at radius 1 is 1.00 bits per heavy atom. The van der Waals surface area contributed by atoms with Crippen LogP contribution in [0.5, 0.6) is 11.5 Å². The number of Topliss-reactive ketones (excluding diaryl/α,β-unsaturated/α-hetero) is 1. The number of hydrogen-bond donors (Lipinski definition) is 0. The Balaban J connectivity index is 1.95. The number of benzene rings is 2. The maximum Gasteiger partial charge on any atom is 0.200 e. The molecule has 21 heavy (non-hydrogen) atoms. The van der Waals surface area contributed by atoms with E-state index in [1.807, 2.05) is 48.5 Å². The third-order valence-corrected chi connectivity index (χ3v) is 4.38. The molecule has 4 heteroatoms. The summed E-state index contributed by atoms with van der Waals surface area (Å²) in [5.74, 6) is 1.40. The van der Waals surface area contributed by atoms with Crippen molar-refractivity contribution in [2.75, 3.05) is 14.2 Å². The fourth-order valence-electron chi connectivity index (χ4n) is 2.23. The fourth-order valence-corrected chi connectivity index (χ4v) is 3.28. The summed E-state index contributed by atoms with van der Waals surface area (Å²) >= 11 is 1.50. The molecule has 0 aliphatic carbocycles. The van der Waals surface area contributed by atoms with E-state index in [-0.39, 0.29) is 5.78 Å². The number of carbonyl (C=O) groups is 1. The normalized spacial score (nSPS) is 15.1. The first-order valence-electron chi connectivity index (χ1n) is 6.48. The van der Waals surface area contributed by atoms with Crippen molar-refractivity contribution in [2.24, 2.45) is 0 Å². The van der Waals surface area contributed by atoms with E-state index in [0.29, 0.717) is 11.5 Å². The quantitative estimate of drug-likeness (QED) is 0.801. The number of allylic oxidation sites excluding steroid dienone is 1. The van der Waals surface area contributed by atoms with Crippen molar-refractivity contribution < 1.29 is 14.3 Å². The molecule has 0 atom stereocenters. The van der Waals surface area contributed by atoms with E-state index in [0.717, 1.165) is 20.9 Å². The third kappa shape index (κ3) is 2.54. The Morgan fingerprint density at radius 3 is 2.48 bits per heavy atom. The minimum atomic E-state index is 0.0744. The molecule has 2 aromatic carbocycles. The molecule has 0 fully saturated rings. The van der Waals surface area contributed by atoms with Crippen molar-refractivity contribution in [2.45, 2.75) is 4.90 Å². The lowest BCUT2D eigenvalue weighted by Crippen LogP contribution is -1.94. The number of fused-ring (bicyclic) bond motifs is 1. The van der Waals surface area contributed by atoms with Gasteiger partial charge in [-0.25, -0.2) is 0 Å². The monoisotopic (exact) mass is 298 g/mol. The van der Waals surface area contributed by atoms with Gasteiger partial charge < -0.3 is 9.47 Å². The topological polar surface area (TPSA) is 35.5 Å². The summed E-state index contributed by atoms with van der Waals surface area (Å²) in [4.78, 5) is 14.1. The van der Waals surface area contributed by atoms with Gasteiger partial charge in [0, 0.05) is 10.5 Å². The van der Waals surface area contributed by atoms with Gasteiger partial charge in [-0.15, -0.1) is 0 Å². The molecule has 0 saturated carbocycles. The predicted molar refractivity (Wildman–Crippen MR) is 84.2 cm³/mol. The van der Waals surface area contributed by atoms with Gasteiger partial charge in [0.1, 0.15) is 0 Å². The van der Waals surface area contributed by atoms with Gasteiger partial charge >= 0.3 is 0 Å². The molecule has 0 aromatic heterocycles. The summed E-state index contributed by atoms with van der Waals surface area (Å²) in [7, 11) is 3.20. The molecule has 3 nitrogen and oxygen atoms in total. The smallest absolute Gasteiger partial charge is 0.200 e. The first kappa shape index (κ1) is 13.8. The summed E-state index contributed by atoms with van der Waals surface area (Å²) in [6.45, 7) is 0. The third-order valence-electron chi connectivity index (χ3n) is 3.28. The van der Waals surface area contributed by atoms with Crippen LogP contribution in [0.2, 0.25) is 0 Å². The predicted octanol–water partition coefficient (Wildman–Crippen LogP) is 4.03. The summed E-state index contributed by atoms with van der Waals surface area (Å²) in [6, 6.07) is 13.3. The van der Waals surface area contributed by atoms with Crippen LogP contribution in [-0.4, -0.2) is 20.0 Å². The van der Waals surface area contributed by atoms with E-state index in [9.17, 15) is 4.79 Å². The lowest BCUT2D eigenvalue weighted by Gasteiger charge is -2.07. The van der Waals surface area contributed by atoms with Crippen LogP contribution in [0, 0.1) is 0 Å². The zero-order valence-electron chi connectivity index (χ0n) is 11.8. The van der Waals surface area contributed by atoms with Crippen LogP contribution < -0.4 is 9.47 Å². The van der Waals surface area contributed by atoms with Gasteiger partial charge in [0.15, 0.2) is 11.5 Å². The van der Waals surface area contributed by atoms with Crippen LogP contribution in [0.25, 0.3) is 6.08 Å². The molecule has 0 radical (unpaired) electrons. The van der Waals surface area contributed by atoms with Gasteiger partial charge in [0.25, 0.3) is 0 Å². The van der Waals surface area contributed by atoms with E-state index in [1.54, 1.807) is 14.2 Å². The van der Waals surface area contributed by atoms with Crippen molar-refractivity contribution >= 4 is 23.6 Å². The highest BCUT2D eigenvalue weighted by atomic mass is 32.2. The molecule has 2 aromatic rings. The molecule has 0 N–H and O–H groups in total. The maximum absolute atomic E-state index is 12.3. The van der Waals surface area contributed by atoms with Crippen molar-refractivity contribution in [3.05, 3.63) is 58.5 Å². The van der Waals surface area contributed by atoms with Crippen molar-refractivity contribution in [3.8, 4) is 11.5 Å². The number of carbonyl (C=O) groups excluding carboxylic acids is 1. The van der Waals surface area contributed by atoms with Gasteiger partial charge in [-0.3, -0.25) is 4.79 Å². The maximum atomic E-state index is 12.3. The Kier molecular flexibility index (Phi) is 3.71. The van der Waals surface area contributed by atoms with Crippen molar-refractivity contribution in [3.63, 3.8) is 0 Å². The molecule has 1 heterocycles. The number of thioether (sulfide) groups is 1. The largest absolute Gasteiger partial charge is 0.493 e. The highest BCUT2D eigenvalue weighted by Crippen LogP contribution is 2.41. The minimum absolute atomic E-state index is 0.0744. The molecule has 106 valence electrons. The highest BCUT2D eigenvalue weighted by molar-refractivity contribution is 8.04. The van der Waals surface area contributed by atoms with Crippen LogP contribution in [0.4, 0.5) is 0 Å². The van der Waals surface area contributed by atoms with Crippen LogP contribution in [0.15, 0.2) is 52.3 Å². The van der Waals surface area contributed by atoms with E-state index in [2.05, 4.69) is 0 Å². The minimum Gasteiger partial charge on any atom is -0.493 e. The second-order valence-corrected chi connectivity index (χ2v) is 5.63. The molecule has 0 unspecified atom stereocenters. The number of ketones is 1. The van der Waals surface area contributed by atoms with E-state index < -0.39 is 0 Å². The molecular weight excluding hydrogens is 284 g/mol. The van der Waals surface area contributed by atoms with E-state index >= 15 is 0 Å². The molecule has 0 spiro atoms. The fraction of sp³-hybridized carbons (Fsp3) is 0.118. The summed E-state index contributed by atoms with van der Waals surface area (Å²) in [6.07, 6.45) is 1.88. The zero-order chi connectivity index (χ0) is 14.8. The molecule has 0 amide bonds. The second-order valence-electron chi connectivity index (χ2n) is 4.55. The molecule has 3 rings (SSSR count). The number of methoxy groups -OCH3 is 2. The van der Waals surface area contributed by atoms with Crippen molar-refractivity contribution in [1.82, 2.24) is 0 Å². The Bertz CT molecular complexity index is 735. The molecule has 0 saturated heterocycles. The molecule has 1 aliphatic heterocycles. The first-order chi connectivity index (χ1) is 10.2. The molecule has 1 aliphatic rings. The van der Waals surface area contributed by atoms with Crippen LogP contribution in [0.1, 0.15) is 15.9 Å². The number of ether oxygens (including phenoxy) is 2. The molecular formula is C17H14O3S. The highest BCUT2D eigenvalue weighted by Gasteiger charge is 2.25. The van der Waals surface area contributed by atoms with Crippen LogP contribution in [0.3, 0.4) is 0 Å². The van der Waals surface area contributed by atoms with Crippen LogP contribution >= 0.6 is 11.8 Å². The Labute approximate surface area is 127 Å². The molecule has 0 bridgehead atoms. The second kappa shape index (κ2) is 5.66. The number of rotatable bonds is 3. The Hall–Kier alpha value is -2.20. The van der Waals surface area contributed by atoms with Gasteiger partial charge in [0.05, 0.1) is 19.1 Å². The van der Waals surface area contributed by atoms with Gasteiger partial charge in [0.2, 0.25) is 5.78 Å². The average molecular weight is 298 g/mol. The van der Waals surface area contributed by atoms with E-state index in [1.165, 1.54) is 11.8 Å². The number of hydrogen-bond acceptors (Lipinski definition) is 4. The van der Waals surface area contributed by atoms with Gasteiger partial charge in [-0.2, -0.15) is 0 Å². The van der Waals surface area contributed by atoms with Crippen molar-refractivity contribution in [1.29, 1.82) is 0 Å². The van der Waals surface area contributed by atoms with Crippen LogP contribution in [-0.2, 0) is 0 Å². The summed E-state index contributed by atoms with van der Waals surface area (Å²) < 4.78 is 10.5. The SMILES string of the molecule is COc1ccc(/C=C2\Sc3ccccc3C2=O)cc1OC. The lowest BCUT2D eigenvalue weighted by atomic mass is 10.1. The summed E-state index contributed by atoms with van der Waals surface area (Å²) in [5.41, 5.74) is 1.69. The van der Waals surface area contributed by atoms with E-state index in [4.69, 9.17) is 9.47 Å². The van der Waals surface area contributed by atoms with Gasteiger partial charge in [-0.05, 0) is 35.9 Å². The Morgan fingerprint density at radius 2 is 1.76 bits per heavy atom. The standard InChI is InChI=1S/C17H14O3S/c1-19-13-8-7-11(9-14(13)20-2)10-16-17(18)12-5-3-4-6-15(12)21-16/h3-10H,1-2H3/b16-10-. The van der Waals surface area contributed by atoms with Gasteiger partial charge in [-0.1, -0.05) is 30.0 Å².